The summed E-state index contributed by atoms with van der Waals surface area (Å²) in [4.78, 5) is 0. The van der Waals surface area contributed by atoms with Crippen LogP contribution in [0.5, 0.6) is 0 Å². The molecule has 0 saturated heterocycles. The van der Waals surface area contributed by atoms with Crippen molar-refractivity contribution in [1.29, 1.82) is 0 Å². The Morgan fingerprint density at radius 3 is 2.71 bits per heavy atom. The van der Waals surface area contributed by atoms with Crippen LogP contribution in [0, 0.1) is 5.82 Å². The van der Waals surface area contributed by atoms with Crippen molar-refractivity contribution in [2.24, 2.45) is 0 Å². The first kappa shape index (κ1) is 12.7. The summed E-state index contributed by atoms with van der Waals surface area (Å²) in [5, 5.41) is 7.69. The van der Waals surface area contributed by atoms with Gasteiger partial charge in [0.15, 0.2) is 0 Å². The molecule has 0 amide bonds. The van der Waals surface area contributed by atoms with E-state index in [9.17, 15) is 4.39 Å². The third-order valence-corrected chi connectivity index (χ3v) is 3.81. The van der Waals surface area contributed by atoms with Gasteiger partial charge in [-0.2, -0.15) is 11.3 Å². The largest absolute Gasteiger partial charge is 0.378 e. The Kier molecular flexibility index (Phi) is 3.92. The molecule has 1 aromatic heterocycles. The van der Waals surface area contributed by atoms with Crippen LogP contribution in [-0.2, 0) is 0 Å². The molecule has 0 aliphatic heterocycles. The summed E-state index contributed by atoms with van der Waals surface area (Å²) in [5.74, 6) is -0.454. The van der Waals surface area contributed by atoms with Gasteiger partial charge in [0.25, 0.3) is 0 Å². The molecule has 1 unspecified atom stereocenters. The Morgan fingerprint density at radius 1 is 1.29 bits per heavy atom. The summed E-state index contributed by atoms with van der Waals surface area (Å²) in [6, 6.07) is 4.58. The predicted octanol–water partition coefficient (Wildman–Crippen LogP) is 5.37. The van der Waals surface area contributed by atoms with Gasteiger partial charge in [-0.15, -0.1) is 0 Å². The van der Waals surface area contributed by atoms with Crippen molar-refractivity contribution in [3.05, 3.63) is 50.4 Å². The molecule has 5 heteroatoms. The fourth-order valence-electron chi connectivity index (χ4n) is 1.61. The summed E-state index contributed by atoms with van der Waals surface area (Å²) >= 11 is 13.6. The highest BCUT2D eigenvalue weighted by molar-refractivity contribution is 7.08. The molecule has 1 heterocycles. The number of benzene rings is 1. The van der Waals surface area contributed by atoms with Gasteiger partial charge in [0, 0.05) is 21.7 Å². The molecule has 0 bridgehead atoms. The number of nitrogens with one attached hydrogen (secondary N) is 1. The lowest BCUT2D eigenvalue weighted by Gasteiger charge is -2.17. The standard InChI is InChI=1S/C12H10Cl2FNS/c1-7(16-8-4-5-17-6-8)11-9(13)2-3-10(15)12(11)14/h2-7,16H,1H3. The summed E-state index contributed by atoms with van der Waals surface area (Å²) < 4.78 is 13.4. The molecule has 0 fully saturated rings. The number of hydrogen-bond donors (Lipinski definition) is 1. The highest BCUT2D eigenvalue weighted by Gasteiger charge is 2.16. The Bertz CT molecular complexity index is 513. The van der Waals surface area contributed by atoms with Gasteiger partial charge in [-0.05, 0) is 30.5 Å². The van der Waals surface area contributed by atoms with Crippen molar-refractivity contribution in [3.63, 3.8) is 0 Å². The molecule has 0 saturated carbocycles. The zero-order valence-electron chi connectivity index (χ0n) is 9.01. The van der Waals surface area contributed by atoms with Crippen molar-refractivity contribution in [2.75, 3.05) is 5.32 Å². The quantitative estimate of drug-likeness (QED) is 0.750. The SMILES string of the molecule is CC(Nc1ccsc1)c1c(Cl)ccc(F)c1Cl. The van der Waals surface area contributed by atoms with Crippen LogP contribution in [0.2, 0.25) is 10.0 Å². The van der Waals surface area contributed by atoms with E-state index in [4.69, 9.17) is 23.2 Å². The van der Waals surface area contributed by atoms with E-state index in [1.165, 1.54) is 12.1 Å². The van der Waals surface area contributed by atoms with Crippen molar-refractivity contribution in [3.8, 4) is 0 Å². The molecule has 0 radical (unpaired) electrons. The molecule has 1 nitrogen and oxygen atoms in total. The lowest BCUT2D eigenvalue weighted by atomic mass is 10.1. The normalized spacial score (nSPS) is 12.5. The molecule has 0 aliphatic carbocycles. The van der Waals surface area contributed by atoms with Crippen molar-refractivity contribution >= 4 is 40.2 Å². The predicted molar refractivity (Wildman–Crippen MR) is 72.8 cm³/mol. The van der Waals surface area contributed by atoms with Crippen LogP contribution in [0.1, 0.15) is 18.5 Å². The molecular weight excluding hydrogens is 280 g/mol. The maximum absolute atomic E-state index is 13.4. The molecule has 0 spiro atoms. The highest BCUT2D eigenvalue weighted by Crippen LogP contribution is 2.34. The van der Waals surface area contributed by atoms with Crippen LogP contribution >= 0.6 is 34.5 Å². The van der Waals surface area contributed by atoms with Crippen LogP contribution in [0.4, 0.5) is 10.1 Å². The monoisotopic (exact) mass is 289 g/mol. The van der Waals surface area contributed by atoms with Crippen molar-refractivity contribution in [1.82, 2.24) is 0 Å². The van der Waals surface area contributed by atoms with Gasteiger partial charge < -0.3 is 5.32 Å². The van der Waals surface area contributed by atoms with Crippen molar-refractivity contribution < 1.29 is 4.39 Å². The first-order valence-electron chi connectivity index (χ1n) is 5.01. The van der Waals surface area contributed by atoms with Gasteiger partial charge in [-0.3, -0.25) is 0 Å². The van der Waals surface area contributed by atoms with E-state index in [-0.39, 0.29) is 11.1 Å². The van der Waals surface area contributed by atoms with Gasteiger partial charge >= 0.3 is 0 Å². The number of rotatable bonds is 3. The molecule has 90 valence electrons. The molecular formula is C12H10Cl2FNS. The van der Waals surface area contributed by atoms with Crippen molar-refractivity contribution in [2.45, 2.75) is 13.0 Å². The van der Waals surface area contributed by atoms with E-state index in [1.807, 2.05) is 23.8 Å². The molecule has 17 heavy (non-hydrogen) atoms. The molecule has 1 atom stereocenters. The van der Waals surface area contributed by atoms with Crippen LogP contribution in [0.3, 0.4) is 0 Å². The first-order valence-corrected chi connectivity index (χ1v) is 6.71. The van der Waals surface area contributed by atoms with Gasteiger partial charge in [0.05, 0.1) is 11.1 Å². The van der Waals surface area contributed by atoms with E-state index < -0.39 is 5.82 Å². The van der Waals surface area contributed by atoms with E-state index in [0.717, 1.165) is 5.69 Å². The lowest BCUT2D eigenvalue weighted by Crippen LogP contribution is -2.08. The van der Waals surface area contributed by atoms with E-state index >= 15 is 0 Å². The third kappa shape index (κ3) is 2.73. The summed E-state index contributed by atoms with van der Waals surface area (Å²) in [7, 11) is 0. The van der Waals surface area contributed by atoms with Gasteiger partial charge in [-0.25, -0.2) is 4.39 Å². The Morgan fingerprint density at radius 2 is 2.06 bits per heavy atom. The molecule has 1 aromatic carbocycles. The number of thiophene rings is 1. The summed E-state index contributed by atoms with van der Waals surface area (Å²) in [5.41, 5.74) is 1.55. The highest BCUT2D eigenvalue weighted by atomic mass is 35.5. The smallest absolute Gasteiger partial charge is 0.142 e. The maximum Gasteiger partial charge on any atom is 0.142 e. The molecule has 0 aliphatic rings. The summed E-state index contributed by atoms with van der Waals surface area (Å²) in [6.07, 6.45) is 0. The topological polar surface area (TPSA) is 12.0 Å². The van der Waals surface area contributed by atoms with E-state index in [0.29, 0.717) is 10.6 Å². The van der Waals surface area contributed by atoms with Gasteiger partial charge in [-0.1, -0.05) is 23.2 Å². The van der Waals surface area contributed by atoms with Crippen LogP contribution < -0.4 is 5.32 Å². The Balaban J connectivity index is 2.30. The van der Waals surface area contributed by atoms with Crippen LogP contribution in [0.15, 0.2) is 29.0 Å². The van der Waals surface area contributed by atoms with Crippen LogP contribution in [0.25, 0.3) is 0 Å². The van der Waals surface area contributed by atoms with Crippen LogP contribution in [-0.4, -0.2) is 0 Å². The Hall–Kier alpha value is -0.770. The number of halogens is 3. The average Bonchev–Trinajstić information content (AvgIpc) is 2.77. The van der Waals surface area contributed by atoms with E-state index in [2.05, 4.69) is 5.32 Å². The molecule has 2 rings (SSSR count). The minimum atomic E-state index is -0.454. The fraction of sp³-hybridized carbons (Fsp3) is 0.167. The lowest BCUT2D eigenvalue weighted by molar-refractivity contribution is 0.624. The average molecular weight is 290 g/mol. The third-order valence-electron chi connectivity index (χ3n) is 2.42. The fourth-order valence-corrected chi connectivity index (χ4v) is 2.90. The minimum absolute atomic E-state index is 0.0766. The van der Waals surface area contributed by atoms with Gasteiger partial charge in [0.2, 0.25) is 0 Å². The zero-order valence-corrected chi connectivity index (χ0v) is 11.3. The second kappa shape index (κ2) is 5.25. The second-order valence-corrected chi connectivity index (χ2v) is 5.20. The number of hydrogen-bond acceptors (Lipinski definition) is 2. The first-order chi connectivity index (χ1) is 8.09. The Labute approximate surface area is 113 Å². The van der Waals surface area contributed by atoms with E-state index in [1.54, 1.807) is 11.3 Å². The maximum atomic E-state index is 13.4. The summed E-state index contributed by atoms with van der Waals surface area (Å²) in [6.45, 7) is 1.89. The molecule has 2 aromatic rings. The van der Waals surface area contributed by atoms with Gasteiger partial charge in [0.1, 0.15) is 5.82 Å². The zero-order chi connectivity index (χ0) is 12.4. The number of anilines is 1. The second-order valence-electron chi connectivity index (χ2n) is 3.63. The minimum Gasteiger partial charge on any atom is -0.378 e. The molecule has 1 N–H and O–H groups in total.